The Bertz CT molecular complexity index is 1030. The van der Waals surface area contributed by atoms with Crippen molar-refractivity contribution in [2.24, 2.45) is 0 Å². The highest BCUT2D eigenvalue weighted by atomic mass is 16.5. The lowest BCUT2D eigenvalue weighted by molar-refractivity contribution is -0.139. The Morgan fingerprint density at radius 1 is 1.00 bits per heavy atom. The van der Waals surface area contributed by atoms with Gasteiger partial charge in [-0.2, -0.15) is 0 Å². The minimum atomic E-state index is -0.669. The number of methoxy groups -OCH3 is 3. The summed E-state index contributed by atoms with van der Waals surface area (Å²) < 4.78 is 21.2. The maximum atomic E-state index is 13.0. The smallest absolute Gasteiger partial charge is 0.338 e. The highest BCUT2D eigenvalue weighted by Crippen LogP contribution is 2.33. The number of nitrogens with one attached hydrogen (secondary N) is 2. The molecule has 0 aliphatic carbocycles. The highest BCUT2D eigenvalue weighted by molar-refractivity contribution is 5.95. The SMILES string of the molecule is CCOC(=O)C1=C(CN(C)c2ccc(OC)c(OC)c2)NC(=O)NC1c1ccc(OC)cc1. The van der Waals surface area contributed by atoms with Crippen molar-refractivity contribution in [1.82, 2.24) is 10.6 Å². The molecule has 176 valence electrons. The molecular formula is C24H29N3O6. The lowest BCUT2D eigenvalue weighted by atomic mass is 9.95. The van der Waals surface area contributed by atoms with E-state index in [1.807, 2.05) is 36.2 Å². The van der Waals surface area contributed by atoms with Crippen LogP contribution in [0.25, 0.3) is 0 Å². The number of ether oxygens (including phenoxy) is 4. The first-order valence-electron chi connectivity index (χ1n) is 10.5. The first-order valence-corrected chi connectivity index (χ1v) is 10.5. The molecule has 2 aromatic carbocycles. The standard InChI is InChI=1S/C24H29N3O6/c1-6-33-23(28)21-18(14-27(2)16-9-12-19(31-4)20(13-16)32-5)25-24(29)26-22(21)15-7-10-17(30-3)11-8-15/h7-13,22H,6,14H2,1-5H3,(H2,25,26,29). The molecule has 2 amide bonds. The van der Waals surface area contributed by atoms with Crippen LogP contribution in [0.3, 0.4) is 0 Å². The largest absolute Gasteiger partial charge is 0.497 e. The van der Waals surface area contributed by atoms with Crippen molar-refractivity contribution in [3.8, 4) is 17.2 Å². The van der Waals surface area contributed by atoms with E-state index in [4.69, 9.17) is 18.9 Å². The van der Waals surface area contributed by atoms with E-state index in [2.05, 4.69) is 10.6 Å². The van der Waals surface area contributed by atoms with Crippen molar-refractivity contribution in [3.63, 3.8) is 0 Å². The number of rotatable bonds is 9. The summed E-state index contributed by atoms with van der Waals surface area (Å²) in [5.74, 6) is 1.36. The van der Waals surface area contributed by atoms with Gasteiger partial charge < -0.3 is 34.5 Å². The van der Waals surface area contributed by atoms with Gasteiger partial charge in [0.1, 0.15) is 5.75 Å². The Morgan fingerprint density at radius 3 is 2.30 bits per heavy atom. The molecule has 1 heterocycles. The summed E-state index contributed by atoms with van der Waals surface area (Å²) in [6, 6.07) is 11.6. The molecule has 1 unspecified atom stereocenters. The van der Waals surface area contributed by atoms with Crippen LogP contribution in [-0.4, -0.2) is 53.5 Å². The number of urea groups is 1. The van der Waals surface area contributed by atoms with Crippen LogP contribution in [0.4, 0.5) is 10.5 Å². The Morgan fingerprint density at radius 2 is 1.70 bits per heavy atom. The number of benzene rings is 2. The zero-order valence-electron chi connectivity index (χ0n) is 19.4. The molecule has 2 aromatic rings. The van der Waals surface area contributed by atoms with Crippen LogP contribution in [-0.2, 0) is 9.53 Å². The molecule has 9 nitrogen and oxygen atoms in total. The van der Waals surface area contributed by atoms with Gasteiger partial charge in [0.15, 0.2) is 11.5 Å². The Labute approximate surface area is 193 Å². The fourth-order valence-corrected chi connectivity index (χ4v) is 3.63. The highest BCUT2D eigenvalue weighted by Gasteiger charge is 2.34. The van der Waals surface area contributed by atoms with E-state index in [0.717, 1.165) is 11.3 Å². The Hall–Kier alpha value is -3.88. The number of anilines is 1. The molecule has 1 aliphatic rings. The predicted molar refractivity (Wildman–Crippen MR) is 124 cm³/mol. The van der Waals surface area contributed by atoms with Crippen molar-refractivity contribution >= 4 is 17.7 Å². The van der Waals surface area contributed by atoms with E-state index in [1.54, 1.807) is 46.5 Å². The molecule has 0 saturated carbocycles. The average molecular weight is 456 g/mol. The molecule has 0 saturated heterocycles. The number of esters is 1. The van der Waals surface area contributed by atoms with Gasteiger partial charge in [-0.3, -0.25) is 0 Å². The van der Waals surface area contributed by atoms with Crippen LogP contribution in [0.15, 0.2) is 53.7 Å². The van der Waals surface area contributed by atoms with Gasteiger partial charge >= 0.3 is 12.0 Å². The quantitative estimate of drug-likeness (QED) is 0.561. The van der Waals surface area contributed by atoms with E-state index < -0.39 is 18.0 Å². The van der Waals surface area contributed by atoms with E-state index in [0.29, 0.717) is 28.5 Å². The molecule has 2 N–H and O–H groups in total. The zero-order chi connectivity index (χ0) is 24.0. The van der Waals surface area contributed by atoms with Crippen molar-refractivity contribution in [2.45, 2.75) is 13.0 Å². The van der Waals surface area contributed by atoms with E-state index >= 15 is 0 Å². The van der Waals surface area contributed by atoms with E-state index in [1.165, 1.54) is 0 Å². The number of hydrogen-bond acceptors (Lipinski definition) is 7. The van der Waals surface area contributed by atoms with E-state index in [9.17, 15) is 9.59 Å². The second-order valence-corrected chi connectivity index (χ2v) is 7.31. The first kappa shape index (κ1) is 23.8. The summed E-state index contributed by atoms with van der Waals surface area (Å²) in [4.78, 5) is 27.4. The third-order valence-electron chi connectivity index (χ3n) is 5.30. The van der Waals surface area contributed by atoms with Gasteiger partial charge in [-0.1, -0.05) is 12.1 Å². The lowest BCUT2D eigenvalue weighted by Crippen LogP contribution is -2.48. The molecule has 0 radical (unpaired) electrons. The summed E-state index contributed by atoms with van der Waals surface area (Å²) >= 11 is 0. The average Bonchev–Trinajstić information content (AvgIpc) is 2.83. The van der Waals surface area contributed by atoms with Gasteiger partial charge in [0, 0.05) is 18.8 Å². The van der Waals surface area contributed by atoms with Crippen LogP contribution >= 0.6 is 0 Å². The first-order chi connectivity index (χ1) is 15.9. The van der Waals surface area contributed by atoms with Gasteiger partial charge in [0.2, 0.25) is 0 Å². The summed E-state index contributed by atoms with van der Waals surface area (Å²) in [5, 5.41) is 5.62. The fraction of sp³-hybridized carbons (Fsp3) is 0.333. The number of amides is 2. The van der Waals surface area contributed by atoms with E-state index in [-0.39, 0.29) is 13.2 Å². The van der Waals surface area contributed by atoms with Crippen LogP contribution < -0.4 is 29.7 Å². The molecule has 0 fully saturated rings. The number of carbonyl (C=O) groups is 2. The fourth-order valence-electron chi connectivity index (χ4n) is 3.63. The molecule has 33 heavy (non-hydrogen) atoms. The van der Waals surface area contributed by atoms with Crippen LogP contribution in [0.5, 0.6) is 17.2 Å². The van der Waals surface area contributed by atoms with Crippen LogP contribution in [0.1, 0.15) is 18.5 Å². The van der Waals surface area contributed by atoms with Gasteiger partial charge in [-0.25, -0.2) is 9.59 Å². The third kappa shape index (κ3) is 5.31. The molecule has 9 heteroatoms. The summed E-state index contributed by atoms with van der Waals surface area (Å²) in [7, 11) is 6.57. The molecular weight excluding hydrogens is 426 g/mol. The molecule has 0 spiro atoms. The monoisotopic (exact) mass is 455 g/mol. The molecule has 1 aliphatic heterocycles. The maximum absolute atomic E-state index is 13.0. The van der Waals surface area contributed by atoms with Crippen molar-refractivity contribution in [2.75, 3.05) is 46.4 Å². The number of likely N-dealkylation sites (N-methyl/N-ethyl adjacent to an activating group) is 1. The molecule has 1 atom stereocenters. The van der Waals surface area contributed by atoms with Gasteiger partial charge in [-0.15, -0.1) is 0 Å². The summed E-state index contributed by atoms with van der Waals surface area (Å²) in [5.41, 5.74) is 2.35. The van der Waals surface area contributed by atoms with Crippen LogP contribution in [0.2, 0.25) is 0 Å². The minimum absolute atomic E-state index is 0.213. The molecule has 0 aromatic heterocycles. The second kappa shape index (κ2) is 10.6. The third-order valence-corrected chi connectivity index (χ3v) is 5.30. The Kier molecular flexibility index (Phi) is 7.66. The van der Waals surface area contributed by atoms with Crippen molar-refractivity contribution in [1.29, 1.82) is 0 Å². The normalized spacial score (nSPS) is 15.3. The predicted octanol–water partition coefficient (Wildman–Crippen LogP) is 3.02. The maximum Gasteiger partial charge on any atom is 0.338 e. The second-order valence-electron chi connectivity index (χ2n) is 7.31. The minimum Gasteiger partial charge on any atom is -0.497 e. The van der Waals surface area contributed by atoms with Gasteiger partial charge in [0.25, 0.3) is 0 Å². The number of carbonyl (C=O) groups excluding carboxylic acids is 2. The summed E-state index contributed by atoms with van der Waals surface area (Å²) in [6.45, 7) is 2.21. The van der Waals surface area contributed by atoms with Crippen LogP contribution in [0, 0.1) is 0 Å². The van der Waals surface area contributed by atoms with Gasteiger partial charge in [-0.05, 0) is 36.8 Å². The van der Waals surface area contributed by atoms with Gasteiger partial charge in [0.05, 0.1) is 51.8 Å². The van der Waals surface area contributed by atoms with Crippen molar-refractivity contribution < 1.29 is 28.5 Å². The number of hydrogen-bond donors (Lipinski definition) is 2. The summed E-state index contributed by atoms with van der Waals surface area (Å²) in [6.07, 6.45) is 0. The Balaban J connectivity index is 2.00. The lowest BCUT2D eigenvalue weighted by Gasteiger charge is -2.31. The molecule has 0 bridgehead atoms. The zero-order valence-corrected chi connectivity index (χ0v) is 19.4. The molecule has 3 rings (SSSR count). The van der Waals surface area contributed by atoms with Crippen molar-refractivity contribution in [3.05, 3.63) is 59.3 Å². The topological polar surface area (TPSA) is 98.4 Å². The number of nitrogens with zero attached hydrogens (tertiary/aromatic N) is 1.